The van der Waals surface area contributed by atoms with E-state index >= 15 is 0 Å². The van der Waals surface area contributed by atoms with Crippen molar-refractivity contribution in [2.75, 3.05) is 43.4 Å². The summed E-state index contributed by atoms with van der Waals surface area (Å²) in [5, 5.41) is 7.93. The quantitative estimate of drug-likeness (QED) is 0.191. The fourth-order valence-electron chi connectivity index (χ4n) is 7.19. The first-order valence-corrected chi connectivity index (χ1v) is 17.8. The number of ether oxygens (including phenoxy) is 1. The SMILES string of the molecule is Nc1nc2sc(CN[C@H]3CCCN(C[C@H](Cn4cncn4)c4ccc(F)cc4F)C3)cc2n(-c2ccc3c(c2)N(c2ccccc2)CCO3)c1=O. The summed E-state index contributed by atoms with van der Waals surface area (Å²) in [6.07, 6.45) is 5.04. The normalized spacial score (nSPS) is 17.0. The van der Waals surface area contributed by atoms with Gasteiger partial charge >= 0.3 is 0 Å². The molecule has 51 heavy (non-hydrogen) atoms. The van der Waals surface area contributed by atoms with E-state index in [2.05, 4.69) is 42.3 Å². The number of halogens is 2. The topological polar surface area (TPSA) is 119 Å². The Bertz CT molecular complexity index is 2210. The molecule has 0 aliphatic carbocycles. The zero-order valence-electron chi connectivity index (χ0n) is 27.8. The molecule has 8 rings (SSSR count). The zero-order valence-corrected chi connectivity index (χ0v) is 28.6. The number of benzene rings is 3. The molecule has 14 heteroatoms. The molecular weight excluding hydrogens is 673 g/mol. The van der Waals surface area contributed by atoms with Crippen LogP contribution < -0.4 is 26.2 Å². The number of hydrogen-bond acceptors (Lipinski definition) is 10. The first-order valence-electron chi connectivity index (χ1n) is 17.0. The van der Waals surface area contributed by atoms with Crippen molar-refractivity contribution >= 4 is 38.9 Å². The van der Waals surface area contributed by atoms with Gasteiger partial charge in [0.25, 0.3) is 5.56 Å². The summed E-state index contributed by atoms with van der Waals surface area (Å²) in [7, 11) is 0. The summed E-state index contributed by atoms with van der Waals surface area (Å²) in [5.41, 5.74) is 9.59. The van der Waals surface area contributed by atoms with Crippen molar-refractivity contribution < 1.29 is 13.5 Å². The predicted molar refractivity (Wildman–Crippen MR) is 194 cm³/mol. The molecule has 2 aliphatic rings. The van der Waals surface area contributed by atoms with Crippen molar-refractivity contribution in [1.82, 2.24) is 34.5 Å². The van der Waals surface area contributed by atoms with Gasteiger partial charge in [-0.3, -0.25) is 14.0 Å². The van der Waals surface area contributed by atoms with Crippen LogP contribution in [0.15, 0.2) is 90.2 Å². The molecule has 2 aliphatic heterocycles. The van der Waals surface area contributed by atoms with E-state index in [-0.39, 0.29) is 23.3 Å². The maximum atomic E-state index is 14.9. The maximum absolute atomic E-state index is 14.9. The number of hydrogen-bond donors (Lipinski definition) is 2. The molecule has 3 N–H and O–H groups in total. The molecule has 262 valence electrons. The predicted octanol–water partition coefficient (Wildman–Crippen LogP) is 5.47. The lowest BCUT2D eigenvalue weighted by molar-refractivity contribution is 0.174. The summed E-state index contributed by atoms with van der Waals surface area (Å²) in [5.74, 6) is -0.692. The van der Waals surface area contributed by atoms with Gasteiger partial charge in [-0.05, 0) is 67.4 Å². The number of nitrogens with one attached hydrogen (secondary N) is 1. The third-order valence-electron chi connectivity index (χ3n) is 9.59. The van der Waals surface area contributed by atoms with E-state index in [0.29, 0.717) is 54.4 Å². The highest BCUT2D eigenvalue weighted by molar-refractivity contribution is 7.18. The van der Waals surface area contributed by atoms with Gasteiger partial charge in [0, 0.05) is 48.2 Å². The number of para-hydroxylation sites is 1. The molecule has 0 unspecified atom stereocenters. The first kappa shape index (κ1) is 33.0. The Morgan fingerprint density at radius 3 is 2.73 bits per heavy atom. The summed E-state index contributed by atoms with van der Waals surface area (Å²) < 4.78 is 38.0. The smallest absolute Gasteiger partial charge is 0.298 e. The van der Waals surface area contributed by atoms with Crippen LogP contribution in [0.25, 0.3) is 16.0 Å². The van der Waals surface area contributed by atoms with Gasteiger partial charge in [-0.15, -0.1) is 11.3 Å². The second kappa shape index (κ2) is 14.2. The molecule has 0 amide bonds. The van der Waals surface area contributed by atoms with Crippen LogP contribution in [-0.2, 0) is 13.1 Å². The molecule has 6 aromatic rings. The number of fused-ring (bicyclic) bond motifs is 2. The minimum absolute atomic E-state index is 0.0568. The number of nitrogens with two attached hydrogens (primary N) is 1. The minimum Gasteiger partial charge on any atom is -0.490 e. The third kappa shape index (κ3) is 6.94. The Kier molecular flexibility index (Phi) is 9.19. The van der Waals surface area contributed by atoms with Crippen molar-refractivity contribution in [3.8, 4) is 11.4 Å². The number of piperidine rings is 1. The lowest BCUT2D eigenvalue weighted by Gasteiger charge is -2.35. The molecule has 1 saturated heterocycles. The van der Waals surface area contributed by atoms with Crippen LogP contribution in [0.3, 0.4) is 0 Å². The summed E-state index contributed by atoms with van der Waals surface area (Å²) >= 11 is 1.51. The minimum atomic E-state index is -0.596. The van der Waals surface area contributed by atoms with Gasteiger partial charge in [0.1, 0.15) is 41.5 Å². The van der Waals surface area contributed by atoms with E-state index in [4.69, 9.17) is 10.5 Å². The van der Waals surface area contributed by atoms with Crippen molar-refractivity contribution in [1.29, 1.82) is 0 Å². The molecule has 0 radical (unpaired) electrons. The molecule has 5 heterocycles. The molecule has 0 spiro atoms. The second-order valence-corrected chi connectivity index (χ2v) is 14.1. The fraction of sp³-hybridized carbons (Fsp3) is 0.297. The number of nitrogens with zero attached hydrogens (tertiary/aromatic N) is 7. The molecule has 11 nitrogen and oxygen atoms in total. The Balaban J connectivity index is 1.00. The summed E-state index contributed by atoms with van der Waals surface area (Å²) in [4.78, 5) is 28.3. The number of aromatic nitrogens is 5. The van der Waals surface area contributed by atoms with E-state index < -0.39 is 11.6 Å². The Labute approximate surface area is 296 Å². The third-order valence-corrected chi connectivity index (χ3v) is 10.6. The monoisotopic (exact) mass is 709 g/mol. The van der Waals surface area contributed by atoms with Crippen molar-refractivity contribution in [3.05, 3.63) is 118 Å². The number of anilines is 3. The first-order chi connectivity index (χ1) is 24.9. The summed E-state index contributed by atoms with van der Waals surface area (Å²) in [6.45, 7) is 4.49. The van der Waals surface area contributed by atoms with Crippen molar-refractivity contribution in [2.24, 2.45) is 0 Å². The molecule has 3 aromatic carbocycles. The lowest BCUT2D eigenvalue weighted by atomic mass is 9.96. The molecule has 2 atom stereocenters. The van der Waals surface area contributed by atoms with Crippen LogP contribution in [0.2, 0.25) is 0 Å². The van der Waals surface area contributed by atoms with Gasteiger partial charge in [-0.1, -0.05) is 24.3 Å². The van der Waals surface area contributed by atoms with Gasteiger partial charge in [-0.2, -0.15) is 5.10 Å². The molecular formula is C37H37F2N9O2S. The maximum Gasteiger partial charge on any atom is 0.298 e. The number of nitrogen functional groups attached to an aromatic ring is 1. The van der Waals surface area contributed by atoms with Gasteiger partial charge in [-0.25, -0.2) is 18.7 Å². The van der Waals surface area contributed by atoms with Gasteiger partial charge < -0.3 is 25.6 Å². The van der Waals surface area contributed by atoms with Gasteiger partial charge in [0.15, 0.2) is 5.82 Å². The summed E-state index contributed by atoms with van der Waals surface area (Å²) in [6, 6.07) is 21.9. The van der Waals surface area contributed by atoms with Crippen LogP contribution in [0.1, 0.15) is 29.2 Å². The lowest BCUT2D eigenvalue weighted by Crippen LogP contribution is -2.46. The largest absolute Gasteiger partial charge is 0.490 e. The highest BCUT2D eigenvalue weighted by Gasteiger charge is 2.26. The average molecular weight is 710 g/mol. The number of rotatable bonds is 10. The van der Waals surface area contributed by atoms with Crippen molar-refractivity contribution in [2.45, 2.75) is 37.9 Å². The van der Waals surface area contributed by atoms with Crippen molar-refractivity contribution in [3.63, 3.8) is 0 Å². The molecule has 0 bridgehead atoms. The van der Waals surface area contributed by atoms with Gasteiger partial charge in [0.2, 0.25) is 0 Å². The Hall–Kier alpha value is -5.18. The van der Waals surface area contributed by atoms with E-state index in [1.165, 1.54) is 29.8 Å². The molecule has 3 aromatic heterocycles. The highest BCUT2D eigenvalue weighted by Crippen LogP contribution is 2.38. The van der Waals surface area contributed by atoms with Crippen LogP contribution >= 0.6 is 11.3 Å². The van der Waals surface area contributed by atoms with Crippen LogP contribution in [0.5, 0.6) is 5.75 Å². The van der Waals surface area contributed by atoms with Crippen LogP contribution in [-0.4, -0.2) is 68.0 Å². The van der Waals surface area contributed by atoms with E-state index in [0.717, 1.165) is 54.0 Å². The average Bonchev–Trinajstić information content (AvgIpc) is 3.81. The zero-order chi connectivity index (χ0) is 34.9. The van der Waals surface area contributed by atoms with E-state index in [1.807, 2.05) is 42.5 Å². The standard InChI is InChI=1S/C37H37F2N9O2S/c38-25-8-10-30(31(39)15-25)24(20-46-23-41-22-43-46)19-45-12-4-5-26(21-45)42-18-29-17-33-36(51-29)44-35(40)37(49)48(33)28-9-11-34-32(16-28)47(13-14-50-34)27-6-2-1-3-7-27/h1-3,6-11,15-17,22-24,26,42H,4-5,12-14,18-21H2,(H2,40,44)/t24-,26+/m1/s1. The van der Waals surface area contributed by atoms with E-state index in [9.17, 15) is 13.6 Å². The number of likely N-dealkylation sites (tertiary alicyclic amines) is 1. The van der Waals surface area contributed by atoms with Crippen LogP contribution in [0, 0.1) is 11.6 Å². The van der Waals surface area contributed by atoms with Crippen LogP contribution in [0.4, 0.5) is 26.0 Å². The second-order valence-electron chi connectivity index (χ2n) is 13.0. The number of thiophene rings is 1. The molecule has 0 saturated carbocycles. The van der Waals surface area contributed by atoms with E-state index in [1.54, 1.807) is 15.6 Å². The Morgan fingerprint density at radius 1 is 1.02 bits per heavy atom. The fourth-order valence-corrected chi connectivity index (χ4v) is 8.16. The Morgan fingerprint density at radius 2 is 1.90 bits per heavy atom. The molecule has 1 fully saturated rings. The highest BCUT2D eigenvalue weighted by atomic mass is 32.1. The van der Waals surface area contributed by atoms with Gasteiger partial charge in [0.05, 0.1) is 30.0 Å².